The third kappa shape index (κ3) is 9.45. The number of benzene rings is 2. The van der Waals surface area contributed by atoms with Gasteiger partial charge in [-0.1, -0.05) is 48.2 Å². The number of thioether (sulfide) groups is 1. The van der Waals surface area contributed by atoms with Crippen LogP contribution in [0.25, 0.3) is 22.5 Å². The molecule has 0 unspecified atom stereocenters. The van der Waals surface area contributed by atoms with Crippen molar-refractivity contribution in [1.29, 1.82) is 16.2 Å². The molecule has 11 heteroatoms. The minimum absolute atomic E-state index is 0.0407. The zero-order valence-corrected chi connectivity index (χ0v) is 21.5. The predicted octanol–water partition coefficient (Wildman–Crippen LogP) is 2.67. The van der Waals surface area contributed by atoms with E-state index in [1.807, 2.05) is 36.4 Å². The Bertz CT molecular complexity index is 1160. The summed E-state index contributed by atoms with van der Waals surface area (Å²) in [5, 5.41) is 28.4. The van der Waals surface area contributed by atoms with Crippen LogP contribution in [0, 0.1) is 16.2 Å². The minimum atomic E-state index is -0.0615. The maximum Gasteiger partial charge on any atom is 0.188 e. The van der Waals surface area contributed by atoms with Gasteiger partial charge in [-0.25, -0.2) is 9.97 Å². The molecule has 3 aromatic rings. The van der Waals surface area contributed by atoms with Crippen molar-refractivity contribution < 1.29 is 0 Å². The molecule has 10 nitrogen and oxygen atoms in total. The number of hydrogen-bond donors (Lipinski definition) is 8. The summed E-state index contributed by atoms with van der Waals surface area (Å²) >= 11 is 1.50. The molecule has 1 aromatic heterocycles. The highest BCUT2D eigenvalue weighted by Gasteiger charge is 2.11. The molecule has 0 saturated heterocycles. The molecular weight excluding hydrogens is 484 g/mol. The first-order chi connectivity index (χ1) is 17.8. The third-order valence-corrected chi connectivity index (χ3v) is 6.29. The van der Waals surface area contributed by atoms with E-state index in [1.165, 1.54) is 17.3 Å². The van der Waals surface area contributed by atoms with Crippen molar-refractivity contribution in [1.82, 2.24) is 20.6 Å². The van der Waals surface area contributed by atoms with Gasteiger partial charge in [-0.2, -0.15) is 0 Å². The first kappa shape index (κ1) is 27.5. The Labute approximate surface area is 221 Å². The molecule has 0 spiro atoms. The van der Waals surface area contributed by atoms with Crippen molar-refractivity contribution in [3.8, 4) is 22.5 Å². The van der Waals surface area contributed by atoms with Crippen LogP contribution in [0.1, 0.15) is 24.0 Å². The molecule has 0 aliphatic heterocycles. The van der Waals surface area contributed by atoms with Crippen molar-refractivity contribution in [3.63, 3.8) is 0 Å². The molecule has 0 saturated carbocycles. The number of nitrogens with two attached hydrogens (primary N) is 3. The zero-order chi connectivity index (χ0) is 26.6. The lowest BCUT2D eigenvalue weighted by molar-refractivity contribution is 0.854. The summed E-state index contributed by atoms with van der Waals surface area (Å²) in [4.78, 5) is 9.64. The molecule has 0 amide bonds. The van der Waals surface area contributed by atoms with Gasteiger partial charge in [0.15, 0.2) is 17.1 Å². The van der Waals surface area contributed by atoms with Crippen LogP contribution in [-0.4, -0.2) is 46.6 Å². The summed E-state index contributed by atoms with van der Waals surface area (Å²) < 4.78 is 0. The number of nitrogens with one attached hydrogen (secondary N) is 5. The molecule has 0 radical (unpaired) electrons. The van der Waals surface area contributed by atoms with E-state index in [1.54, 1.807) is 0 Å². The zero-order valence-electron chi connectivity index (χ0n) is 20.7. The second kappa shape index (κ2) is 13.8. The van der Waals surface area contributed by atoms with E-state index in [0.717, 1.165) is 47.3 Å². The third-order valence-electron chi connectivity index (χ3n) is 5.44. The molecule has 0 aliphatic carbocycles. The smallest absolute Gasteiger partial charge is 0.188 e. The van der Waals surface area contributed by atoms with Crippen LogP contribution in [0.3, 0.4) is 0 Å². The number of amidine groups is 1. The molecular formula is C26H34N10S. The molecule has 1 heterocycles. The number of guanidine groups is 2. The Morgan fingerprint density at radius 2 is 1.32 bits per heavy atom. The van der Waals surface area contributed by atoms with Crippen LogP contribution in [0.2, 0.25) is 0 Å². The Morgan fingerprint density at radius 3 is 1.89 bits per heavy atom. The van der Waals surface area contributed by atoms with Crippen LogP contribution < -0.4 is 27.8 Å². The van der Waals surface area contributed by atoms with Gasteiger partial charge < -0.3 is 27.8 Å². The first-order valence-electron chi connectivity index (χ1n) is 12.0. The van der Waals surface area contributed by atoms with Gasteiger partial charge in [-0.15, -0.1) is 0 Å². The fourth-order valence-corrected chi connectivity index (χ4v) is 4.42. The fraction of sp³-hybridized carbons (Fsp3) is 0.269. The van der Waals surface area contributed by atoms with E-state index < -0.39 is 0 Å². The van der Waals surface area contributed by atoms with Crippen molar-refractivity contribution in [2.24, 2.45) is 17.2 Å². The molecule has 2 aromatic carbocycles. The molecule has 194 valence electrons. The summed E-state index contributed by atoms with van der Waals surface area (Å²) in [6.45, 7) is 1.11. The first-order valence-corrected chi connectivity index (χ1v) is 13.0. The van der Waals surface area contributed by atoms with Gasteiger partial charge in [0.25, 0.3) is 0 Å². The monoisotopic (exact) mass is 518 g/mol. The van der Waals surface area contributed by atoms with Crippen LogP contribution in [0.4, 0.5) is 0 Å². The molecule has 3 rings (SSSR count). The SMILES string of the molecule is N=C(N)CCCc1cccc(-c2cc(-c3cccc(CCNC(=N)N)c3)nc(SCCNC(=N)N)n2)c1. The van der Waals surface area contributed by atoms with Crippen LogP contribution in [-0.2, 0) is 12.8 Å². The highest BCUT2D eigenvalue weighted by molar-refractivity contribution is 7.99. The van der Waals surface area contributed by atoms with Crippen LogP contribution >= 0.6 is 11.8 Å². The lowest BCUT2D eigenvalue weighted by Crippen LogP contribution is -2.31. The van der Waals surface area contributed by atoms with Crippen LogP contribution in [0.15, 0.2) is 59.8 Å². The van der Waals surface area contributed by atoms with Gasteiger partial charge in [0.1, 0.15) is 0 Å². The maximum absolute atomic E-state index is 7.45. The fourth-order valence-electron chi connectivity index (χ4n) is 3.71. The maximum atomic E-state index is 7.45. The average molecular weight is 519 g/mol. The van der Waals surface area contributed by atoms with Crippen molar-refractivity contribution in [2.75, 3.05) is 18.8 Å². The summed E-state index contributed by atoms with van der Waals surface area (Å²) in [7, 11) is 0. The Kier molecular flexibility index (Phi) is 10.3. The lowest BCUT2D eigenvalue weighted by atomic mass is 10.0. The van der Waals surface area contributed by atoms with E-state index in [9.17, 15) is 0 Å². The Morgan fingerprint density at radius 1 is 0.757 bits per heavy atom. The summed E-state index contributed by atoms with van der Waals surface area (Å²) in [6, 6.07) is 18.4. The molecule has 37 heavy (non-hydrogen) atoms. The molecule has 11 N–H and O–H groups in total. The van der Waals surface area contributed by atoms with Crippen LogP contribution in [0.5, 0.6) is 0 Å². The number of aryl methyl sites for hydroxylation is 1. The quantitative estimate of drug-likeness (QED) is 0.0554. The standard InChI is InChI=1S/C26H34N10S/c27-23(28)9-3-6-17-4-1-7-19(14-17)21-16-22(36-26(35-21)37-13-12-34-25(31)32)20-8-2-5-18(15-20)10-11-33-24(29)30/h1-2,4-5,7-8,14-16H,3,6,9-13H2,(H3,27,28)(H4,29,30,33)(H4,31,32,34). The average Bonchev–Trinajstić information content (AvgIpc) is 2.86. The van der Waals surface area contributed by atoms with Gasteiger partial charge >= 0.3 is 0 Å². The summed E-state index contributed by atoms with van der Waals surface area (Å²) in [6.07, 6.45) is 2.96. The topological polar surface area (TPSA) is 199 Å². The normalized spacial score (nSPS) is 10.6. The Balaban J connectivity index is 1.89. The van der Waals surface area contributed by atoms with Gasteiger partial charge in [-0.3, -0.25) is 16.2 Å². The lowest BCUT2D eigenvalue weighted by Gasteiger charge is -2.11. The highest BCUT2D eigenvalue weighted by atomic mass is 32.2. The van der Waals surface area contributed by atoms with Crippen molar-refractivity contribution in [3.05, 3.63) is 65.7 Å². The predicted molar refractivity (Wildman–Crippen MR) is 152 cm³/mol. The number of nitrogens with zero attached hydrogens (tertiary/aromatic N) is 2. The van der Waals surface area contributed by atoms with E-state index in [2.05, 4.69) is 28.8 Å². The molecule has 0 atom stereocenters. The van der Waals surface area contributed by atoms with E-state index in [0.29, 0.717) is 30.4 Å². The summed E-state index contributed by atoms with van der Waals surface area (Å²) in [5.41, 5.74) is 22.2. The Hall–Kier alpha value is -4.12. The van der Waals surface area contributed by atoms with Gasteiger partial charge in [0, 0.05) is 36.4 Å². The molecule has 0 bridgehead atoms. The number of rotatable bonds is 13. The number of hydrogen-bond acceptors (Lipinski definition) is 6. The van der Waals surface area contributed by atoms with Gasteiger partial charge in [0.05, 0.1) is 17.2 Å². The second-order valence-corrected chi connectivity index (χ2v) is 9.54. The minimum Gasteiger partial charge on any atom is -0.388 e. The van der Waals surface area contributed by atoms with Gasteiger partial charge in [-0.05, 0) is 48.6 Å². The molecule has 0 aliphatic rings. The highest BCUT2D eigenvalue weighted by Crippen LogP contribution is 2.28. The summed E-state index contributed by atoms with van der Waals surface area (Å²) in [5.74, 6) is 0.760. The van der Waals surface area contributed by atoms with E-state index in [-0.39, 0.29) is 17.8 Å². The van der Waals surface area contributed by atoms with Crippen molar-refractivity contribution >= 4 is 29.5 Å². The number of aromatic nitrogens is 2. The van der Waals surface area contributed by atoms with Crippen molar-refractivity contribution in [2.45, 2.75) is 30.8 Å². The molecule has 0 fully saturated rings. The van der Waals surface area contributed by atoms with E-state index in [4.69, 9.17) is 43.4 Å². The second-order valence-electron chi connectivity index (χ2n) is 8.48. The van der Waals surface area contributed by atoms with Gasteiger partial charge in [0.2, 0.25) is 0 Å². The largest absolute Gasteiger partial charge is 0.388 e. The van der Waals surface area contributed by atoms with E-state index >= 15 is 0 Å².